The van der Waals surface area contributed by atoms with Crippen LogP contribution in [0.1, 0.15) is 49.3 Å². The monoisotopic (exact) mass is 180 g/mol. The zero-order valence-electron chi connectivity index (χ0n) is 8.26. The summed E-state index contributed by atoms with van der Waals surface area (Å²) < 4.78 is 0. The Morgan fingerprint density at radius 3 is 2.85 bits per heavy atom. The molecule has 0 amide bonds. The van der Waals surface area contributed by atoms with Gasteiger partial charge < -0.3 is 0 Å². The van der Waals surface area contributed by atoms with E-state index >= 15 is 0 Å². The number of nitrogens with zero attached hydrogens (tertiary/aromatic N) is 1. The SMILES string of the molecule is CCCC(=O)c1cc(CCC)[nH]n1. The molecule has 0 bridgehead atoms. The topological polar surface area (TPSA) is 45.8 Å². The maximum Gasteiger partial charge on any atom is 0.183 e. The van der Waals surface area contributed by atoms with Crippen molar-refractivity contribution >= 4 is 5.78 Å². The first kappa shape index (κ1) is 9.96. The lowest BCUT2D eigenvalue weighted by atomic mass is 10.1. The lowest BCUT2D eigenvalue weighted by molar-refractivity contribution is 0.0977. The number of hydrogen-bond donors (Lipinski definition) is 1. The maximum absolute atomic E-state index is 11.4. The van der Waals surface area contributed by atoms with Crippen LogP contribution in [0.25, 0.3) is 0 Å². The van der Waals surface area contributed by atoms with E-state index in [9.17, 15) is 4.79 Å². The second-order valence-electron chi connectivity index (χ2n) is 3.20. The van der Waals surface area contributed by atoms with E-state index in [1.807, 2.05) is 13.0 Å². The molecule has 1 N–H and O–H groups in total. The highest BCUT2D eigenvalue weighted by atomic mass is 16.1. The predicted octanol–water partition coefficient (Wildman–Crippen LogP) is 2.34. The van der Waals surface area contributed by atoms with Gasteiger partial charge in [-0.25, -0.2) is 0 Å². The summed E-state index contributed by atoms with van der Waals surface area (Å²) in [6.45, 7) is 4.10. The van der Waals surface area contributed by atoms with Gasteiger partial charge in [0.2, 0.25) is 0 Å². The summed E-state index contributed by atoms with van der Waals surface area (Å²) in [4.78, 5) is 11.4. The summed E-state index contributed by atoms with van der Waals surface area (Å²) in [6, 6.07) is 1.86. The number of Topliss-reactive ketones (excluding diaryl/α,β-unsaturated/α-hetero) is 1. The molecule has 0 fully saturated rings. The smallest absolute Gasteiger partial charge is 0.183 e. The molecule has 0 aliphatic heterocycles. The average Bonchev–Trinajstić information content (AvgIpc) is 2.54. The molecule has 1 aromatic heterocycles. The molecule has 0 saturated carbocycles. The van der Waals surface area contributed by atoms with E-state index in [1.54, 1.807) is 0 Å². The molecule has 1 aromatic rings. The lowest BCUT2D eigenvalue weighted by Gasteiger charge is -1.90. The fourth-order valence-corrected chi connectivity index (χ4v) is 1.26. The van der Waals surface area contributed by atoms with E-state index in [0.717, 1.165) is 25.0 Å². The van der Waals surface area contributed by atoms with Crippen LogP contribution >= 0.6 is 0 Å². The van der Waals surface area contributed by atoms with E-state index in [4.69, 9.17) is 0 Å². The van der Waals surface area contributed by atoms with Crippen LogP contribution in [0.5, 0.6) is 0 Å². The summed E-state index contributed by atoms with van der Waals surface area (Å²) in [5.74, 6) is 0.140. The summed E-state index contributed by atoms with van der Waals surface area (Å²) in [7, 11) is 0. The Hall–Kier alpha value is -1.12. The van der Waals surface area contributed by atoms with Gasteiger partial charge in [0, 0.05) is 12.1 Å². The first-order valence-corrected chi connectivity index (χ1v) is 4.85. The highest BCUT2D eigenvalue weighted by Crippen LogP contribution is 2.06. The van der Waals surface area contributed by atoms with Crippen molar-refractivity contribution < 1.29 is 4.79 Å². The van der Waals surface area contributed by atoms with Gasteiger partial charge in [-0.3, -0.25) is 9.89 Å². The largest absolute Gasteiger partial charge is 0.292 e. The molecule has 0 aromatic carbocycles. The van der Waals surface area contributed by atoms with Crippen LogP contribution in [-0.4, -0.2) is 16.0 Å². The minimum atomic E-state index is 0.140. The number of aromatic amines is 1. The van der Waals surface area contributed by atoms with Crippen molar-refractivity contribution in [3.8, 4) is 0 Å². The second kappa shape index (κ2) is 4.80. The normalized spacial score (nSPS) is 10.3. The molecule has 13 heavy (non-hydrogen) atoms. The highest BCUT2D eigenvalue weighted by molar-refractivity contribution is 5.94. The van der Waals surface area contributed by atoms with Crippen molar-refractivity contribution in [3.63, 3.8) is 0 Å². The van der Waals surface area contributed by atoms with Crippen molar-refractivity contribution in [2.75, 3.05) is 0 Å². The molecule has 72 valence electrons. The minimum absolute atomic E-state index is 0.140. The van der Waals surface area contributed by atoms with E-state index in [-0.39, 0.29) is 5.78 Å². The molecule has 0 atom stereocenters. The van der Waals surface area contributed by atoms with Crippen LogP contribution in [0.4, 0.5) is 0 Å². The number of H-pyrrole nitrogens is 1. The molecule has 0 radical (unpaired) electrons. The fraction of sp³-hybridized carbons (Fsp3) is 0.600. The Morgan fingerprint density at radius 2 is 2.23 bits per heavy atom. The van der Waals surface area contributed by atoms with E-state index in [2.05, 4.69) is 17.1 Å². The van der Waals surface area contributed by atoms with Gasteiger partial charge in [-0.2, -0.15) is 5.10 Å². The van der Waals surface area contributed by atoms with Crippen LogP contribution in [0.15, 0.2) is 6.07 Å². The van der Waals surface area contributed by atoms with Gasteiger partial charge in [0.25, 0.3) is 0 Å². The third kappa shape index (κ3) is 2.68. The Bertz CT molecular complexity index is 278. The van der Waals surface area contributed by atoms with Gasteiger partial charge in [0.1, 0.15) is 5.69 Å². The molecular weight excluding hydrogens is 164 g/mol. The van der Waals surface area contributed by atoms with Crippen molar-refractivity contribution in [2.45, 2.75) is 39.5 Å². The molecule has 0 unspecified atom stereocenters. The lowest BCUT2D eigenvalue weighted by Crippen LogP contribution is -1.97. The molecule has 3 nitrogen and oxygen atoms in total. The molecular formula is C10H16N2O. The fourth-order valence-electron chi connectivity index (χ4n) is 1.26. The first-order valence-electron chi connectivity index (χ1n) is 4.85. The minimum Gasteiger partial charge on any atom is -0.292 e. The van der Waals surface area contributed by atoms with Crippen LogP contribution in [0.3, 0.4) is 0 Å². The Labute approximate surface area is 78.5 Å². The molecule has 0 aliphatic carbocycles. The number of ketones is 1. The number of carbonyl (C=O) groups excluding carboxylic acids is 1. The zero-order chi connectivity index (χ0) is 9.68. The maximum atomic E-state index is 11.4. The van der Waals surface area contributed by atoms with Gasteiger partial charge in [-0.05, 0) is 18.9 Å². The quantitative estimate of drug-likeness (QED) is 0.707. The summed E-state index contributed by atoms with van der Waals surface area (Å²) in [5.41, 5.74) is 1.65. The highest BCUT2D eigenvalue weighted by Gasteiger charge is 2.08. The third-order valence-electron chi connectivity index (χ3n) is 1.91. The van der Waals surface area contributed by atoms with Crippen molar-refractivity contribution in [2.24, 2.45) is 0 Å². The van der Waals surface area contributed by atoms with Crippen LogP contribution < -0.4 is 0 Å². The summed E-state index contributed by atoms with van der Waals surface area (Å²) >= 11 is 0. The summed E-state index contributed by atoms with van der Waals surface area (Å²) in [5, 5.41) is 6.85. The van der Waals surface area contributed by atoms with Crippen LogP contribution in [-0.2, 0) is 6.42 Å². The molecule has 0 aliphatic rings. The molecule has 3 heteroatoms. The third-order valence-corrected chi connectivity index (χ3v) is 1.91. The van der Waals surface area contributed by atoms with E-state index in [1.165, 1.54) is 0 Å². The predicted molar refractivity (Wildman–Crippen MR) is 51.8 cm³/mol. The number of nitrogens with one attached hydrogen (secondary N) is 1. The van der Waals surface area contributed by atoms with Gasteiger partial charge in [-0.1, -0.05) is 20.3 Å². The second-order valence-corrected chi connectivity index (χ2v) is 3.20. The Kier molecular flexibility index (Phi) is 3.68. The number of aryl methyl sites for hydroxylation is 1. The van der Waals surface area contributed by atoms with E-state index in [0.29, 0.717) is 12.1 Å². The first-order chi connectivity index (χ1) is 6.27. The van der Waals surface area contributed by atoms with Gasteiger partial charge in [-0.15, -0.1) is 0 Å². The zero-order valence-corrected chi connectivity index (χ0v) is 8.26. The van der Waals surface area contributed by atoms with Crippen LogP contribution in [0, 0.1) is 0 Å². The van der Waals surface area contributed by atoms with Crippen molar-refractivity contribution in [1.82, 2.24) is 10.2 Å². The van der Waals surface area contributed by atoms with Crippen molar-refractivity contribution in [3.05, 3.63) is 17.5 Å². The number of carbonyl (C=O) groups is 1. The number of aromatic nitrogens is 2. The molecule has 0 spiro atoms. The molecule has 1 rings (SSSR count). The van der Waals surface area contributed by atoms with Gasteiger partial charge >= 0.3 is 0 Å². The molecule has 1 heterocycles. The summed E-state index contributed by atoms with van der Waals surface area (Å²) in [6.07, 6.45) is 3.52. The standard InChI is InChI=1S/C10H16N2O/c1-3-5-8-7-9(12-11-8)10(13)6-4-2/h7H,3-6H2,1-2H3,(H,11,12). The Morgan fingerprint density at radius 1 is 1.46 bits per heavy atom. The number of hydrogen-bond acceptors (Lipinski definition) is 2. The van der Waals surface area contributed by atoms with Crippen LogP contribution in [0.2, 0.25) is 0 Å². The van der Waals surface area contributed by atoms with E-state index < -0.39 is 0 Å². The average molecular weight is 180 g/mol. The van der Waals surface area contributed by atoms with Gasteiger partial charge in [0.15, 0.2) is 5.78 Å². The molecule has 0 saturated heterocycles. The van der Waals surface area contributed by atoms with Gasteiger partial charge in [0.05, 0.1) is 0 Å². The van der Waals surface area contributed by atoms with Crippen molar-refractivity contribution in [1.29, 1.82) is 0 Å². The number of rotatable bonds is 5. The Balaban J connectivity index is 2.62.